The van der Waals surface area contributed by atoms with Crippen LogP contribution in [0.4, 0.5) is 0 Å². The lowest BCUT2D eigenvalue weighted by molar-refractivity contribution is 0.0461. The molecular formula is C15H15Cl2N3O. The van der Waals surface area contributed by atoms with Crippen LogP contribution in [0.5, 0.6) is 0 Å². The van der Waals surface area contributed by atoms with Crippen LogP contribution in [0.15, 0.2) is 30.6 Å². The molecule has 0 atom stereocenters. The SMILES string of the molecule is Cc1cnn(CC2CN(C(=O)c3cc(Cl)cc(Cl)c3)C2)c1. The van der Waals surface area contributed by atoms with E-state index in [1.54, 1.807) is 18.2 Å². The van der Waals surface area contributed by atoms with E-state index in [0.29, 0.717) is 21.5 Å². The van der Waals surface area contributed by atoms with Gasteiger partial charge >= 0.3 is 0 Å². The number of carbonyl (C=O) groups excluding carboxylic acids is 1. The number of nitrogens with zero attached hydrogens (tertiary/aromatic N) is 3. The van der Waals surface area contributed by atoms with Crippen LogP contribution in [0.1, 0.15) is 15.9 Å². The highest BCUT2D eigenvalue weighted by Crippen LogP contribution is 2.24. The summed E-state index contributed by atoms with van der Waals surface area (Å²) in [5.74, 6) is 0.426. The molecule has 1 amide bonds. The lowest BCUT2D eigenvalue weighted by atomic mass is 9.99. The number of hydrogen-bond acceptors (Lipinski definition) is 2. The molecule has 0 radical (unpaired) electrons. The monoisotopic (exact) mass is 323 g/mol. The molecule has 0 unspecified atom stereocenters. The predicted octanol–water partition coefficient (Wildman–Crippen LogP) is 3.27. The van der Waals surface area contributed by atoms with Crippen LogP contribution in [0, 0.1) is 12.8 Å². The van der Waals surface area contributed by atoms with E-state index in [0.717, 1.165) is 25.2 Å². The molecule has 0 saturated carbocycles. The molecule has 2 aromatic rings. The molecule has 1 saturated heterocycles. The van der Waals surface area contributed by atoms with Crippen molar-refractivity contribution in [2.24, 2.45) is 5.92 Å². The fourth-order valence-corrected chi connectivity index (χ4v) is 3.07. The molecule has 1 aliphatic rings. The Kier molecular flexibility index (Phi) is 3.91. The van der Waals surface area contributed by atoms with E-state index in [1.165, 1.54) is 0 Å². The zero-order valence-electron chi connectivity index (χ0n) is 11.6. The normalized spacial score (nSPS) is 15.1. The van der Waals surface area contributed by atoms with E-state index in [4.69, 9.17) is 23.2 Å². The maximum atomic E-state index is 12.3. The summed E-state index contributed by atoms with van der Waals surface area (Å²) in [5, 5.41) is 5.23. The van der Waals surface area contributed by atoms with Gasteiger partial charge in [0.15, 0.2) is 0 Å². The molecule has 0 N–H and O–H groups in total. The molecule has 0 spiro atoms. The Balaban J connectivity index is 1.59. The minimum atomic E-state index is -0.0210. The van der Waals surface area contributed by atoms with Crippen LogP contribution in [0.2, 0.25) is 10.0 Å². The third-order valence-corrected chi connectivity index (χ3v) is 4.00. The van der Waals surface area contributed by atoms with E-state index in [9.17, 15) is 4.79 Å². The Hall–Kier alpha value is -1.52. The smallest absolute Gasteiger partial charge is 0.253 e. The molecule has 6 heteroatoms. The third kappa shape index (κ3) is 3.22. The molecule has 0 bridgehead atoms. The number of likely N-dealkylation sites (tertiary alicyclic amines) is 1. The first kappa shape index (κ1) is 14.4. The lowest BCUT2D eigenvalue weighted by Gasteiger charge is -2.39. The van der Waals surface area contributed by atoms with Gasteiger partial charge in [0.05, 0.1) is 6.20 Å². The molecule has 4 nitrogen and oxygen atoms in total. The first-order valence-corrected chi connectivity index (χ1v) is 7.51. The second-order valence-corrected chi connectivity index (χ2v) is 6.35. The number of carbonyl (C=O) groups is 1. The molecule has 2 heterocycles. The van der Waals surface area contributed by atoms with E-state index >= 15 is 0 Å². The highest BCUT2D eigenvalue weighted by Gasteiger charge is 2.31. The summed E-state index contributed by atoms with van der Waals surface area (Å²) in [4.78, 5) is 14.1. The van der Waals surface area contributed by atoms with Gasteiger partial charge in [-0.05, 0) is 30.7 Å². The van der Waals surface area contributed by atoms with Gasteiger partial charge in [0.25, 0.3) is 5.91 Å². The Labute approximate surface area is 133 Å². The van der Waals surface area contributed by atoms with Gasteiger partial charge in [-0.25, -0.2) is 0 Å². The molecule has 1 fully saturated rings. The number of aryl methyl sites for hydroxylation is 1. The van der Waals surface area contributed by atoms with Crippen molar-refractivity contribution in [2.45, 2.75) is 13.5 Å². The van der Waals surface area contributed by atoms with Gasteiger partial charge < -0.3 is 4.90 Å². The predicted molar refractivity (Wildman–Crippen MR) is 82.8 cm³/mol. The summed E-state index contributed by atoms with van der Waals surface area (Å²) < 4.78 is 1.93. The highest BCUT2D eigenvalue weighted by atomic mass is 35.5. The number of hydrogen-bond donors (Lipinski definition) is 0. The largest absolute Gasteiger partial charge is 0.338 e. The Bertz CT molecular complexity index is 657. The summed E-state index contributed by atoms with van der Waals surface area (Å²) in [6, 6.07) is 4.93. The maximum Gasteiger partial charge on any atom is 0.253 e. The Morgan fingerprint density at radius 1 is 1.29 bits per heavy atom. The van der Waals surface area contributed by atoms with Gasteiger partial charge in [0.2, 0.25) is 0 Å². The second-order valence-electron chi connectivity index (χ2n) is 5.47. The standard InChI is InChI=1S/C15H15Cl2N3O/c1-10-5-18-20(6-10)9-11-7-19(8-11)15(21)12-2-13(16)4-14(17)3-12/h2-6,11H,7-9H2,1H3. The minimum absolute atomic E-state index is 0.0210. The molecule has 1 aromatic heterocycles. The zero-order chi connectivity index (χ0) is 15.0. The first-order chi connectivity index (χ1) is 10.0. The average molecular weight is 324 g/mol. The fourth-order valence-electron chi connectivity index (χ4n) is 2.54. The van der Waals surface area contributed by atoms with Gasteiger partial charge in [-0.2, -0.15) is 5.10 Å². The molecule has 110 valence electrons. The molecule has 3 rings (SSSR count). The van der Waals surface area contributed by atoms with Gasteiger partial charge in [-0.1, -0.05) is 23.2 Å². The van der Waals surface area contributed by atoms with Gasteiger partial charge in [0.1, 0.15) is 0 Å². The van der Waals surface area contributed by atoms with Crippen molar-refractivity contribution in [1.82, 2.24) is 14.7 Å². The van der Waals surface area contributed by atoms with Crippen molar-refractivity contribution in [2.75, 3.05) is 13.1 Å². The van der Waals surface area contributed by atoms with Crippen LogP contribution < -0.4 is 0 Å². The van der Waals surface area contributed by atoms with E-state index in [1.807, 2.05) is 28.9 Å². The first-order valence-electron chi connectivity index (χ1n) is 6.75. The van der Waals surface area contributed by atoms with Crippen molar-refractivity contribution >= 4 is 29.1 Å². The Morgan fingerprint density at radius 2 is 1.95 bits per heavy atom. The lowest BCUT2D eigenvalue weighted by Crippen LogP contribution is -2.51. The van der Waals surface area contributed by atoms with Gasteiger partial charge in [-0.15, -0.1) is 0 Å². The zero-order valence-corrected chi connectivity index (χ0v) is 13.1. The number of benzene rings is 1. The van der Waals surface area contributed by atoms with Crippen molar-refractivity contribution in [3.63, 3.8) is 0 Å². The fraction of sp³-hybridized carbons (Fsp3) is 0.333. The Morgan fingerprint density at radius 3 is 2.52 bits per heavy atom. The van der Waals surface area contributed by atoms with Crippen molar-refractivity contribution in [3.8, 4) is 0 Å². The van der Waals surface area contributed by atoms with Crippen LogP contribution in [-0.2, 0) is 6.54 Å². The average Bonchev–Trinajstić information content (AvgIpc) is 2.77. The van der Waals surface area contributed by atoms with E-state index in [-0.39, 0.29) is 5.91 Å². The topological polar surface area (TPSA) is 38.1 Å². The second kappa shape index (κ2) is 5.70. The number of aromatic nitrogens is 2. The number of amides is 1. The summed E-state index contributed by atoms with van der Waals surface area (Å²) >= 11 is 11.9. The summed E-state index contributed by atoms with van der Waals surface area (Å²) in [6.07, 6.45) is 3.86. The van der Waals surface area contributed by atoms with Crippen LogP contribution >= 0.6 is 23.2 Å². The van der Waals surface area contributed by atoms with Gasteiger partial charge in [0, 0.05) is 47.4 Å². The van der Waals surface area contributed by atoms with Crippen LogP contribution in [-0.4, -0.2) is 33.7 Å². The number of halogens is 2. The quantitative estimate of drug-likeness (QED) is 0.869. The van der Waals surface area contributed by atoms with E-state index in [2.05, 4.69) is 5.10 Å². The minimum Gasteiger partial charge on any atom is -0.338 e. The highest BCUT2D eigenvalue weighted by molar-refractivity contribution is 6.35. The molecule has 0 aliphatic carbocycles. The number of rotatable bonds is 3. The van der Waals surface area contributed by atoms with Crippen molar-refractivity contribution in [3.05, 3.63) is 51.8 Å². The van der Waals surface area contributed by atoms with E-state index < -0.39 is 0 Å². The van der Waals surface area contributed by atoms with Crippen LogP contribution in [0.3, 0.4) is 0 Å². The third-order valence-electron chi connectivity index (χ3n) is 3.56. The summed E-state index contributed by atoms with van der Waals surface area (Å²) in [7, 11) is 0. The maximum absolute atomic E-state index is 12.3. The molecule has 1 aliphatic heterocycles. The molecular weight excluding hydrogens is 309 g/mol. The molecule has 21 heavy (non-hydrogen) atoms. The van der Waals surface area contributed by atoms with Crippen molar-refractivity contribution < 1.29 is 4.79 Å². The molecule has 1 aromatic carbocycles. The summed E-state index contributed by atoms with van der Waals surface area (Å²) in [5.41, 5.74) is 1.69. The van der Waals surface area contributed by atoms with Crippen molar-refractivity contribution in [1.29, 1.82) is 0 Å². The summed E-state index contributed by atoms with van der Waals surface area (Å²) in [6.45, 7) is 4.33. The van der Waals surface area contributed by atoms with Crippen LogP contribution in [0.25, 0.3) is 0 Å². The van der Waals surface area contributed by atoms with Gasteiger partial charge in [-0.3, -0.25) is 9.48 Å².